The van der Waals surface area contributed by atoms with Gasteiger partial charge in [0.1, 0.15) is 0 Å². The largest absolute Gasteiger partial charge is 0.377 e. The molecule has 15 heavy (non-hydrogen) atoms. The molecule has 0 aliphatic rings. The zero-order chi connectivity index (χ0) is 10.9. The number of pyridine rings is 1. The van der Waals surface area contributed by atoms with Crippen LogP contribution in [0.2, 0.25) is 0 Å². The Morgan fingerprint density at radius 3 is 3.00 bits per heavy atom. The van der Waals surface area contributed by atoms with Crippen molar-refractivity contribution in [2.24, 2.45) is 0 Å². The molecule has 2 nitrogen and oxygen atoms in total. The molecule has 0 unspecified atom stereocenters. The van der Waals surface area contributed by atoms with Crippen molar-refractivity contribution in [2.45, 2.75) is 33.3 Å². The predicted molar refractivity (Wildman–Crippen MR) is 64.7 cm³/mol. The van der Waals surface area contributed by atoms with Crippen molar-refractivity contribution in [3.63, 3.8) is 0 Å². The van der Waals surface area contributed by atoms with E-state index in [0.29, 0.717) is 6.61 Å². The molecule has 0 saturated heterocycles. The van der Waals surface area contributed by atoms with E-state index in [2.05, 4.69) is 35.4 Å². The molecule has 1 rings (SSSR count). The molecule has 0 aliphatic heterocycles. The molecule has 0 bridgehead atoms. The average Bonchev–Trinajstić information content (AvgIpc) is 2.27. The van der Waals surface area contributed by atoms with E-state index in [1.165, 1.54) is 24.2 Å². The van der Waals surface area contributed by atoms with Gasteiger partial charge in [-0.15, -0.1) is 3.97 Å². The Morgan fingerprint density at radius 1 is 1.40 bits per heavy atom. The molecule has 1 heterocycles. The van der Waals surface area contributed by atoms with Gasteiger partial charge >= 0.3 is 0 Å². The van der Waals surface area contributed by atoms with Gasteiger partial charge in [-0.05, 0) is 19.4 Å². The van der Waals surface area contributed by atoms with Crippen LogP contribution in [0.3, 0.4) is 0 Å². The molecule has 3 heteroatoms. The maximum absolute atomic E-state index is 5.38. The minimum atomic E-state index is 0.714. The van der Waals surface area contributed by atoms with Gasteiger partial charge < -0.3 is 4.74 Å². The Bertz CT molecular complexity index is 278. The second kappa shape index (κ2) is 7.71. The minimum Gasteiger partial charge on any atom is -0.377 e. The number of hydrogen-bond donors (Lipinski definition) is 0. The van der Waals surface area contributed by atoms with Crippen LogP contribution in [-0.4, -0.2) is 12.4 Å². The minimum absolute atomic E-state index is 0.714. The molecule has 1 aromatic rings. The van der Waals surface area contributed by atoms with Crippen molar-refractivity contribution in [3.05, 3.63) is 30.1 Å². The molecule has 0 atom stereocenters. The van der Waals surface area contributed by atoms with Gasteiger partial charge in [0.2, 0.25) is 0 Å². The van der Waals surface area contributed by atoms with Gasteiger partial charge in [-0.2, -0.15) is 0 Å². The fraction of sp³-hybridized carbons (Fsp3) is 0.583. The quantitative estimate of drug-likeness (QED) is 0.524. The summed E-state index contributed by atoms with van der Waals surface area (Å²) in [6.45, 7) is 5.73. The molecular formula is C12H20NOS+. The molecule has 0 saturated carbocycles. The fourth-order valence-electron chi connectivity index (χ4n) is 1.20. The summed E-state index contributed by atoms with van der Waals surface area (Å²) in [7, 11) is 0. The Morgan fingerprint density at radius 2 is 2.27 bits per heavy atom. The topological polar surface area (TPSA) is 13.1 Å². The van der Waals surface area contributed by atoms with E-state index >= 15 is 0 Å². The normalized spacial score (nSPS) is 10.5. The number of nitrogens with zero attached hydrogens (tertiary/aromatic N) is 1. The van der Waals surface area contributed by atoms with Crippen molar-refractivity contribution in [1.29, 1.82) is 0 Å². The van der Waals surface area contributed by atoms with Crippen LogP contribution >= 0.6 is 11.9 Å². The van der Waals surface area contributed by atoms with Crippen LogP contribution < -0.4 is 3.97 Å². The van der Waals surface area contributed by atoms with Gasteiger partial charge in [-0.1, -0.05) is 13.3 Å². The highest BCUT2D eigenvalue weighted by molar-refractivity contribution is 7.92. The Balaban J connectivity index is 2.42. The van der Waals surface area contributed by atoms with E-state index in [4.69, 9.17) is 4.74 Å². The van der Waals surface area contributed by atoms with Crippen LogP contribution in [0, 0.1) is 0 Å². The predicted octanol–water partition coefficient (Wildman–Crippen LogP) is 2.81. The lowest BCUT2D eigenvalue weighted by molar-refractivity contribution is -0.495. The van der Waals surface area contributed by atoms with Crippen LogP contribution in [0.5, 0.6) is 0 Å². The number of ether oxygens (including phenoxy) is 1. The van der Waals surface area contributed by atoms with Crippen molar-refractivity contribution in [1.82, 2.24) is 0 Å². The van der Waals surface area contributed by atoms with Crippen LogP contribution in [0.1, 0.15) is 32.3 Å². The first-order valence-electron chi connectivity index (χ1n) is 5.58. The van der Waals surface area contributed by atoms with E-state index in [1.54, 1.807) is 0 Å². The molecule has 0 N–H and O–H groups in total. The smallest absolute Gasteiger partial charge is 0.188 e. The van der Waals surface area contributed by atoms with Crippen molar-refractivity contribution in [2.75, 3.05) is 12.4 Å². The van der Waals surface area contributed by atoms with Crippen LogP contribution in [-0.2, 0) is 11.3 Å². The SMILES string of the molecule is CCCCS[n+]1cccc(COCC)c1. The average molecular weight is 226 g/mol. The van der Waals surface area contributed by atoms with Gasteiger partial charge in [0.25, 0.3) is 0 Å². The summed E-state index contributed by atoms with van der Waals surface area (Å²) in [5, 5.41) is 0. The zero-order valence-electron chi connectivity index (χ0n) is 9.61. The van der Waals surface area contributed by atoms with Gasteiger partial charge in [-0.3, -0.25) is 0 Å². The summed E-state index contributed by atoms with van der Waals surface area (Å²) >= 11 is 1.85. The van der Waals surface area contributed by atoms with Crippen LogP contribution in [0.4, 0.5) is 0 Å². The van der Waals surface area contributed by atoms with E-state index in [1.807, 2.05) is 18.9 Å². The molecule has 0 amide bonds. The Hall–Kier alpha value is -0.540. The summed E-state index contributed by atoms with van der Waals surface area (Å²) in [4.78, 5) is 0. The Kier molecular flexibility index (Phi) is 6.44. The molecule has 0 radical (unpaired) electrons. The third-order valence-electron chi connectivity index (χ3n) is 2.05. The summed E-state index contributed by atoms with van der Waals surface area (Å²) in [5.41, 5.74) is 1.24. The number of unbranched alkanes of at least 4 members (excludes halogenated alkanes) is 1. The third-order valence-corrected chi connectivity index (χ3v) is 3.04. The van der Waals surface area contributed by atoms with Crippen molar-refractivity contribution >= 4 is 11.9 Å². The lowest BCUT2D eigenvalue weighted by atomic mass is 10.3. The van der Waals surface area contributed by atoms with Crippen LogP contribution in [0.15, 0.2) is 24.5 Å². The van der Waals surface area contributed by atoms with Crippen LogP contribution in [0.25, 0.3) is 0 Å². The highest BCUT2D eigenvalue weighted by Crippen LogP contribution is 2.02. The number of rotatable bonds is 7. The monoisotopic (exact) mass is 226 g/mol. The van der Waals surface area contributed by atoms with Gasteiger partial charge in [-0.25, -0.2) is 0 Å². The molecular weight excluding hydrogens is 206 g/mol. The molecule has 0 aromatic carbocycles. The molecule has 1 aromatic heterocycles. The second-order valence-corrected chi connectivity index (χ2v) is 4.48. The highest BCUT2D eigenvalue weighted by Gasteiger charge is 2.04. The fourth-order valence-corrected chi connectivity index (χ4v) is 2.20. The molecule has 0 fully saturated rings. The molecule has 0 spiro atoms. The van der Waals surface area contributed by atoms with E-state index in [-0.39, 0.29) is 0 Å². The second-order valence-electron chi connectivity index (χ2n) is 3.40. The third kappa shape index (κ3) is 5.19. The lowest BCUT2D eigenvalue weighted by Crippen LogP contribution is -2.25. The summed E-state index contributed by atoms with van der Waals surface area (Å²) in [6.07, 6.45) is 6.77. The zero-order valence-corrected chi connectivity index (χ0v) is 10.4. The summed E-state index contributed by atoms with van der Waals surface area (Å²) < 4.78 is 7.55. The maximum Gasteiger partial charge on any atom is 0.188 e. The van der Waals surface area contributed by atoms with Crippen molar-refractivity contribution < 1.29 is 8.71 Å². The Labute approximate surface area is 96.8 Å². The van der Waals surface area contributed by atoms with Gasteiger partial charge in [0, 0.05) is 18.2 Å². The first-order valence-corrected chi connectivity index (χ1v) is 6.52. The first-order chi connectivity index (χ1) is 7.36. The maximum atomic E-state index is 5.38. The van der Waals surface area contributed by atoms with Gasteiger partial charge in [0.15, 0.2) is 24.3 Å². The number of aromatic nitrogens is 1. The summed E-state index contributed by atoms with van der Waals surface area (Å²) in [6, 6.07) is 4.18. The van der Waals surface area contributed by atoms with E-state index < -0.39 is 0 Å². The summed E-state index contributed by atoms with van der Waals surface area (Å²) in [5.74, 6) is 1.18. The standard InChI is InChI=1S/C12H20NOS/c1-3-5-9-15-13-8-6-7-12(10-13)11-14-4-2/h6-8,10H,3-5,9,11H2,1-2H3/q+1. The van der Waals surface area contributed by atoms with Crippen molar-refractivity contribution in [3.8, 4) is 0 Å². The van der Waals surface area contributed by atoms with E-state index in [9.17, 15) is 0 Å². The van der Waals surface area contributed by atoms with Gasteiger partial charge in [0.05, 0.1) is 12.4 Å². The molecule has 84 valence electrons. The number of hydrogen-bond acceptors (Lipinski definition) is 2. The molecule has 0 aliphatic carbocycles. The first kappa shape index (κ1) is 12.5. The lowest BCUT2D eigenvalue weighted by Gasteiger charge is -1.99. The van der Waals surface area contributed by atoms with E-state index in [0.717, 1.165) is 6.61 Å². The highest BCUT2D eigenvalue weighted by atomic mass is 32.2.